The first kappa shape index (κ1) is 16.6. The normalized spacial score (nSPS) is 12.5. The highest BCUT2D eigenvalue weighted by molar-refractivity contribution is 7.18. The van der Waals surface area contributed by atoms with Gasteiger partial charge in [0.25, 0.3) is 0 Å². The zero-order valence-electron chi connectivity index (χ0n) is 14.1. The van der Waals surface area contributed by atoms with Crippen molar-refractivity contribution < 1.29 is 4.79 Å². The Hall–Kier alpha value is -2.24. The Labute approximate surface area is 146 Å². The topological polar surface area (TPSA) is 45.2 Å². The first-order valence-electron chi connectivity index (χ1n) is 7.96. The van der Waals surface area contributed by atoms with Crippen molar-refractivity contribution in [2.75, 3.05) is 18.9 Å². The number of para-hydroxylation sites is 2. The van der Waals surface area contributed by atoms with Crippen molar-refractivity contribution in [2.45, 2.75) is 19.9 Å². The summed E-state index contributed by atoms with van der Waals surface area (Å²) in [4.78, 5) is 19.0. The molecule has 1 amide bonds. The molecule has 0 fully saturated rings. The third-order valence-corrected chi connectivity index (χ3v) is 5.35. The first-order valence-corrected chi connectivity index (χ1v) is 8.77. The Kier molecular flexibility index (Phi) is 4.92. The third-order valence-electron chi connectivity index (χ3n) is 4.14. The molecule has 1 heterocycles. The molecule has 4 nitrogen and oxygen atoms in total. The molecule has 0 aliphatic rings. The number of aryl methyl sites for hydroxylation is 1. The van der Waals surface area contributed by atoms with E-state index >= 15 is 0 Å². The minimum Gasteiger partial charge on any atom is -0.325 e. The lowest BCUT2D eigenvalue weighted by molar-refractivity contribution is -0.117. The molecule has 3 rings (SSSR count). The summed E-state index contributed by atoms with van der Waals surface area (Å²) < 4.78 is 1.18. The number of rotatable bonds is 5. The molecule has 1 unspecified atom stereocenters. The van der Waals surface area contributed by atoms with Crippen LogP contribution in [-0.4, -0.2) is 29.4 Å². The molecule has 0 bridgehead atoms. The van der Waals surface area contributed by atoms with Gasteiger partial charge in [-0.05, 0) is 44.7 Å². The summed E-state index contributed by atoms with van der Waals surface area (Å²) in [5.74, 6) is -0.0141. The maximum absolute atomic E-state index is 12.3. The van der Waals surface area contributed by atoms with E-state index in [0.29, 0.717) is 6.54 Å². The smallest absolute Gasteiger partial charge is 0.238 e. The Morgan fingerprint density at radius 1 is 1.21 bits per heavy atom. The number of amides is 1. The summed E-state index contributed by atoms with van der Waals surface area (Å²) in [5.41, 5.74) is 2.94. The van der Waals surface area contributed by atoms with Gasteiger partial charge in [-0.15, -0.1) is 11.3 Å². The number of anilines is 1. The number of carbonyl (C=O) groups excluding carboxylic acids is 1. The van der Waals surface area contributed by atoms with Crippen LogP contribution < -0.4 is 5.32 Å². The van der Waals surface area contributed by atoms with E-state index in [9.17, 15) is 4.79 Å². The average molecular weight is 339 g/mol. The minimum atomic E-state index is -0.0141. The molecule has 0 aliphatic heterocycles. The van der Waals surface area contributed by atoms with Gasteiger partial charge in [-0.3, -0.25) is 9.69 Å². The van der Waals surface area contributed by atoms with Crippen LogP contribution >= 0.6 is 11.3 Å². The molecule has 1 aromatic heterocycles. The zero-order valence-corrected chi connectivity index (χ0v) is 14.9. The summed E-state index contributed by atoms with van der Waals surface area (Å²) in [7, 11) is 1.95. The van der Waals surface area contributed by atoms with Crippen molar-refractivity contribution in [1.82, 2.24) is 9.88 Å². The summed E-state index contributed by atoms with van der Waals surface area (Å²) >= 11 is 1.68. The fourth-order valence-electron chi connectivity index (χ4n) is 2.52. The first-order chi connectivity index (χ1) is 11.5. The van der Waals surface area contributed by atoms with Crippen LogP contribution in [0.15, 0.2) is 48.5 Å². The number of hydrogen-bond donors (Lipinski definition) is 1. The van der Waals surface area contributed by atoms with Crippen molar-refractivity contribution in [3.63, 3.8) is 0 Å². The number of hydrogen-bond acceptors (Lipinski definition) is 4. The lowest BCUT2D eigenvalue weighted by atomic mass is 10.2. The van der Waals surface area contributed by atoms with E-state index in [1.807, 2.05) is 61.3 Å². The van der Waals surface area contributed by atoms with E-state index in [4.69, 9.17) is 0 Å². The highest BCUT2D eigenvalue weighted by atomic mass is 32.1. The molecule has 1 N–H and O–H groups in total. The van der Waals surface area contributed by atoms with E-state index < -0.39 is 0 Å². The molecule has 0 aliphatic carbocycles. The van der Waals surface area contributed by atoms with E-state index in [2.05, 4.69) is 23.3 Å². The number of aromatic nitrogens is 1. The van der Waals surface area contributed by atoms with Crippen molar-refractivity contribution in [2.24, 2.45) is 0 Å². The second kappa shape index (κ2) is 7.11. The lowest BCUT2D eigenvalue weighted by Gasteiger charge is -2.22. The van der Waals surface area contributed by atoms with Gasteiger partial charge in [0.1, 0.15) is 5.01 Å². The molecule has 5 heteroatoms. The van der Waals surface area contributed by atoms with Crippen molar-refractivity contribution in [3.05, 3.63) is 59.1 Å². The molecule has 0 saturated heterocycles. The number of thiazole rings is 1. The summed E-state index contributed by atoms with van der Waals surface area (Å²) in [6, 6.07) is 16.0. The van der Waals surface area contributed by atoms with E-state index in [1.54, 1.807) is 11.3 Å². The largest absolute Gasteiger partial charge is 0.325 e. The fourth-order valence-corrected chi connectivity index (χ4v) is 3.61. The Balaban J connectivity index is 1.66. The van der Waals surface area contributed by atoms with Gasteiger partial charge < -0.3 is 5.32 Å². The van der Waals surface area contributed by atoms with E-state index in [1.165, 1.54) is 4.70 Å². The number of nitrogens with zero attached hydrogens (tertiary/aromatic N) is 2. The molecular weight excluding hydrogens is 318 g/mol. The van der Waals surface area contributed by atoms with Gasteiger partial charge in [0.15, 0.2) is 0 Å². The highest BCUT2D eigenvalue weighted by Gasteiger charge is 2.18. The minimum absolute atomic E-state index is 0.0141. The van der Waals surface area contributed by atoms with Crippen molar-refractivity contribution in [3.8, 4) is 0 Å². The van der Waals surface area contributed by atoms with Crippen LogP contribution in [0.1, 0.15) is 23.5 Å². The molecule has 2 aromatic carbocycles. The molecule has 3 aromatic rings. The number of fused-ring (bicyclic) bond motifs is 1. The van der Waals surface area contributed by atoms with Crippen LogP contribution in [0.3, 0.4) is 0 Å². The van der Waals surface area contributed by atoms with Crippen LogP contribution in [0.5, 0.6) is 0 Å². The van der Waals surface area contributed by atoms with Crippen LogP contribution in [0.25, 0.3) is 10.2 Å². The van der Waals surface area contributed by atoms with Crippen molar-refractivity contribution in [1.29, 1.82) is 0 Å². The average Bonchev–Trinajstić information content (AvgIpc) is 3.00. The monoisotopic (exact) mass is 339 g/mol. The molecule has 1 atom stereocenters. The summed E-state index contributed by atoms with van der Waals surface area (Å²) in [5, 5.41) is 4.01. The number of benzene rings is 2. The number of likely N-dealkylation sites (N-methyl/N-ethyl adjacent to an activating group) is 1. The zero-order chi connectivity index (χ0) is 17.1. The van der Waals surface area contributed by atoms with Gasteiger partial charge in [-0.25, -0.2) is 4.98 Å². The number of nitrogens with one attached hydrogen (secondary N) is 1. The fraction of sp³-hybridized carbons (Fsp3) is 0.263. The van der Waals surface area contributed by atoms with Gasteiger partial charge >= 0.3 is 0 Å². The summed E-state index contributed by atoms with van der Waals surface area (Å²) in [6.07, 6.45) is 0. The predicted molar refractivity (Wildman–Crippen MR) is 100 cm³/mol. The SMILES string of the molecule is Cc1ccccc1NC(=O)CN(C)C(C)c1nc2ccccc2s1. The van der Waals surface area contributed by atoms with E-state index in [0.717, 1.165) is 21.8 Å². The second-order valence-electron chi connectivity index (χ2n) is 5.97. The summed E-state index contributed by atoms with van der Waals surface area (Å²) in [6.45, 7) is 4.40. The predicted octanol–water partition coefficient (Wildman–Crippen LogP) is 4.24. The second-order valence-corrected chi connectivity index (χ2v) is 7.04. The van der Waals surface area contributed by atoms with Gasteiger partial charge in [-0.1, -0.05) is 30.3 Å². The Morgan fingerprint density at radius 3 is 2.67 bits per heavy atom. The van der Waals surface area contributed by atoms with Crippen LogP contribution in [0.4, 0.5) is 5.69 Å². The van der Waals surface area contributed by atoms with E-state index in [-0.39, 0.29) is 11.9 Å². The van der Waals surface area contributed by atoms with Crippen molar-refractivity contribution >= 4 is 33.1 Å². The van der Waals surface area contributed by atoms with Crippen LogP contribution in [0, 0.1) is 6.92 Å². The van der Waals surface area contributed by atoms with Gasteiger partial charge in [0.05, 0.1) is 22.8 Å². The highest BCUT2D eigenvalue weighted by Crippen LogP contribution is 2.28. The standard InChI is InChI=1S/C19H21N3OS/c1-13-8-4-5-9-15(13)20-18(23)12-22(3)14(2)19-21-16-10-6-7-11-17(16)24-19/h4-11,14H,12H2,1-3H3,(H,20,23). The number of carbonyl (C=O) groups is 1. The van der Waals surface area contributed by atoms with Crippen LogP contribution in [0.2, 0.25) is 0 Å². The Bertz CT molecular complexity index is 825. The molecule has 124 valence electrons. The van der Waals surface area contributed by atoms with Gasteiger partial charge in [-0.2, -0.15) is 0 Å². The van der Waals surface area contributed by atoms with Crippen LogP contribution in [-0.2, 0) is 4.79 Å². The molecule has 0 saturated carbocycles. The third kappa shape index (κ3) is 3.63. The molecule has 24 heavy (non-hydrogen) atoms. The van der Waals surface area contributed by atoms with Gasteiger partial charge in [0.2, 0.25) is 5.91 Å². The van der Waals surface area contributed by atoms with Gasteiger partial charge in [0, 0.05) is 5.69 Å². The molecular formula is C19H21N3OS. The lowest BCUT2D eigenvalue weighted by Crippen LogP contribution is -2.32. The molecule has 0 radical (unpaired) electrons. The quantitative estimate of drug-likeness (QED) is 0.756. The maximum Gasteiger partial charge on any atom is 0.238 e. The maximum atomic E-state index is 12.3. The molecule has 0 spiro atoms. The Morgan fingerprint density at radius 2 is 1.92 bits per heavy atom.